The predicted octanol–water partition coefficient (Wildman–Crippen LogP) is 1.74. The van der Waals surface area contributed by atoms with Crippen LogP contribution in [0.25, 0.3) is 0 Å². The first-order valence-corrected chi connectivity index (χ1v) is 6.35. The second kappa shape index (κ2) is 5.36. The summed E-state index contributed by atoms with van der Waals surface area (Å²) in [6, 6.07) is 6.57. The minimum Gasteiger partial charge on any atom is -0.344 e. The van der Waals surface area contributed by atoms with Gasteiger partial charge in [0.25, 0.3) is 17.0 Å². The summed E-state index contributed by atoms with van der Waals surface area (Å²) in [5.74, 6) is -0.604. The zero-order valence-corrected chi connectivity index (χ0v) is 11.5. The van der Waals surface area contributed by atoms with Gasteiger partial charge in [0.1, 0.15) is 0 Å². The van der Waals surface area contributed by atoms with Gasteiger partial charge in [0.15, 0.2) is 0 Å². The van der Waals surface area contributed by atoms with Gasteiger partial charge in [-0.15, -0.1) is 0 Å². The number of benzene rings is 1. The number of amides is 2. The summed E-state index contributed by atoms with van der Waals surface area (Å²) in [4.78, 5) is 29.1. The van der Waals surface area contributed by atoms with E-state index in [1.54, 1.807) is 24.3 Å². The number of carbonyl (C=O) groups excluding carboxylic acids is 2. The first-order chi connectivity index (χ1) is 9.00. The van der Waals surface area contributed by atoms with Gasteiger partial charge < -0.3 is 10.2 Å². The molecule has 1 N–H and O–H groups in total. The first kappa shape index (κ1) is 13.5. The molecule has 0 radical (unpaired) electrons. The third-order valence-corrected chi connectivity index (χ3v) is 2.80. The normalized spacial score (nSPS) is 13.7. The second-order valence-electron chi connectivity index (χ2n) is 4.60. The largest absolute Gasteiger partial charge is 0.344 e. The van der Waals surface area contributed by atoms with Crippen LogP contribution in [0, 0.1) is 5.92 Å². The highest BCUT2D eigenvalue weighted by Gasteiger charge is 2.37. The number of rotatable bonds is 3. The molecule has 2 rings (SSSR count). The van der Waals surface area contributed by atoms with Crippen LogP contribution in [-0.4, -0.2) is 28.6 Å². The predicted molar refractivity (Wildman–Crippen MR) is 73.5 cm³/mol. The number of thiocarbonyl (C=S) groups is 1. The molecule has 1 heterocycles. The molecule has 0 saturated carbocycles. The summed E-state index contributed by atoms with van der Waals surface area (Å²) >= 11 is 4.95. The summed E-state index contributed by atoms with van der Waals surface area (Å²) in [5.41, 5.74) is 0.665. The van der Waals surface area contributed by atoms with Crippen LogP contribution in [0.5, 0.6) is 0 Å². The lowest BCUT2D eigenvalue weighted by molar-refractivity contribution is -0.0229. The number of fused-ring (bicyclic) bond motifs is 1. The van der Waals surface area contributed by atoms with E-state index < -0.39 is 11.8 Å². The van der Waals surface area contributed by atoms with E-state index in [4.69, 9.17) is 17.1 Å². The number of carbonyl (C=O) groups is 2. The molecule has 1 aromatic rings. The molecule has 19 heavy (non-hydrogen) atoms. The maximum atomic E-state index is 12.0. The van der Waals surface area contributed by atoms with Gasteiger partial charge >= 0.3 is 0 Å². The second-order valence-corrected chi connectivity index (χ2v) is 4.97. The van der Waals surface area contributed by atoms with Gasteiger partial charge in [-0.1, -0.05) is 31.0 Å². The summed E-state index contributed by atoms with van der Waals surface area (Å²) in [6.07, 6.45) is 0. The highest BCUT2D eigenvalue weighted by molar-refractivity contribution is 7.80. The van der Waals surface area contributed by atoms with Crippen molar-refractivity contribution < 1.29 is 14.4 Å². The summed E-state index contributed by atoms with van der Waals surface area (Å²) < 4.78 is 0. The lowest BCUT2D eigenvalue weighted by Crippen LogP contribution is -2.38. The van der Waals surface area contributed by atoms with Crippen molar-refractivity contribution in [3.8, 4) is 0 Å². The third-order valence-electron chi connectivity index (χ3n) is 2.59. The van der Waals surface area contributed by atoms with Gasteiger partial charge in [-0.3, -0.25) is 9.59 Å². The molecule has 0 atom stereocenters. The van der Waals surface area contributed by atoms with Crippen LogP contribution in [-0.2, 0) is 4.84 Å². The molecule has 0 aromatic heterocycles. The Morgan fingerprint density at radius 1 is 1.26 bits per heavy atom. The molecule has 0 spiro atoms. The minimum atomic E-state index is -0.491. The van der Waals surface area contributed by atoms with Gasteiger partial charge in [-0.25, -0.2) is 0 Å². The van der Waals surface area contributed by atoms with Crippen molar-refractivity contribution in [2.24, 2.45) is 5.92 Å². The van der Waals surface area contributed by atoms with Crippen molar-refractivity contribution >= 4 is 29.2 Å². The zero-order valence-electron chi connectivity index (χ0n) is 10.7. The fraction of sp³-hybridized carbons (Fsp3) is 0.308. The molecule has 100 valence electrons. The van der Waals surface area contributed by atoms with Crippen molar-refractivity contribution in [3.05, 3.63) is 35.4 Å². The van der Waals surface area contributed by atoms with E-state index >= 15 is 0 Å². The van der Waals surface area contributed by atoms with E-state index in [0.29, 0.717) is 28.7 Å². The fourth-order valence-corrected chi connectivity index (χ4v) is 1.81. The van der Waals surface area contributed by atoms with E-state index in [2.05, 4.69) is 5.32 Å². The van der Waals surface area contributed by atoms with Gasteiger partial charge in [0, 0.05) is 6.54 Å². The Kier molecular flexibility index (Phi) is 3.80. The van der Waals surface area contributed by atoms with E-state index in [-0.39, 0.29) is 5.17 Å². The summed E-state index contributed by atoms with van der Waals surface area (Å²) in [6.45, 7) is 4.64. The quantitative estimate of drug-likeness (QED) is 0.674. The van der Waals surface area contributed by atoms with Crippen LogP contribution in [0.1, 0.15) is 34.6 Å². The van der Waals surface area contributed by atoms with Gasteiger partial charge in [0.2, 0.25) is 0 Å². The average molecular weight is 278 g/mol. The standard InChI is InChI=1S/C13H14N2O3S/c1-8(2)7-14-13(19)18-15-11(16)9-5-3-4-6-10(9)12(15)17/h3-6,8H,7H2,1-2H3,(H,14,19). The number of imide groups is 1. The van der Waals surface area contributed by atoms with Crippen molar-refractivity contribution in [1.29, 1.82) is 0 Å². The third kappa shape index (κ3) is 2.73. The molecule has 0 unspecified atom stereocenters. The van der Waals surface area contributed by atoms with Crippen molar-refractivity contribution in [1.82, 2.24) is 10.4 Å². The molecule has 2 amide bonds. The summed E-state index contributed by atoms with van der Waals surface area (Å²) in [7, 11) is 0. The van der Waals surface area contributed by atoms with E-state index in [0.717, 1.165) is 0 Å². The molecule has 1 aliphatic heterocycles. The molecule has 0 fully saturated rings. The first-order valence-electron chi connectivity index (χ1n) is 5.94. The highest BCUT2D eigenvalue weighted by Crippen LogP contribution is 2.22. The Morgan fingerprint density at radius 2 is 1.79 bits per heavy atom. The lowest BCUT2D eigenvalue weighted by Gasteiger charge is -2.16. The fourth-order valence-electron chi connectivity index (χ4n) is 1.65. The number of hydroxylamine groups is 2. The van der Waals surface area contributed by atoms with Crippen LogP contribution in [0.4, 0.5) is 0 Å². The van der Waals surface area contributed by atoms with Gasteiger partial charge in [-0.2, -0.15) is 0 Å². The Bertz CT molecular complexity index is 507. The van der Waals surface area contributed by atoms with Gasteiger partial charge in [-0.05, 0) is 30.3 Å². The van der Waals surface area contributed by atoms with Crippen molar-refractivity contribution in [2.75, 3.05) is 6.54 Å². The van der Waals surface area contributed by atoms with Crippen LogP contribution in [0.15, 0.2) is 24.3 Å². The Morgan fingerprint density at radius 3 is 2.26 bits per heavy atom. The van der Waals surface area contributed by atoms with Crippen LogP contribution in [0.2, 0.25) is 0 Å². The highest BCUT2D eigenvalue weighted by atomic mass is 32.1. The molecule has 0 aliphatic carbocycles. The lowest BCUT2D eigenvalue weighted by atomic mass is 10.1. The summed E-state index contributed by atoms with van der Waals surface area (Å²) in [5, 5.41) is 3.55. The maximum absolute atomic E-state index is 12.0. The SMILES string of the molecule is CC(C)CNC(=S)ON1C(=O)c2ccccc2C1=O. The van der Waals surface area contributed by atoms with Crippen LogP contribution in [0.3, 0.4) is 0 Å². The molecule has 0 bridgehead atoms. The minimum absolute atomic E-state index is 0.0169. The van der Waals surface area contributed by atoms with Gasteiger partial charge in [0.05, 0.1) is 11.1 Å². The molecule has 5 nitrogen and oxygen atoms in total. The topological polar surface area (TPSA) is 58.6 Å². The Hall–Kier alpha value is -1.95. The zero-order chi connectivity index (χ0) is 14.0. The monoisotopic (exact) mass is 278 g/mol. The maximum Gasteiger partial charge on any atom is 0.295 e. The van der Waals surface area contributed by atoms with Crippen molar-refractivity contribution in [2.45, 2.75) is 13.8 Å². The number of hydrogen-bond donors (Lipinski definition) is 1. The van der Waals surface area contributed by atoms with Crippen LogP contribution >= 0.6 is 12.2 Å². The number of hydrogen-bond acceptors (Lipinski definition) is 4. The molecule has 6 heteroatoms. The molecule has 1 aromatic carbocycles. The molecule has 1 aliphatic rings. The smallest absolute Gasteiger partial charge is 0.295 e. The number of nitrogens with one attached hydrogen (secondary N) is 1. The van der Waals surface area contributed by atoms with Crippen molar-refractivity contribution in [3.63, 3.8) is 0 Å². The van der Waals surface area contributed by atoms with E-state index in [9.17, 15) is 9.59 Å². The Balaban J connectivity index is 2.06. The molecule has 0 saturated heterocycles. The van der Waals surface area contributed by atoms with E-state index in [1.807, 2.05) is 13.8 Å². The van der Waals surface area contributed by atoms with Crippen LogP contribution < -0.4 is 5.32 Å². The Labute approximate surface area is 116 Å². The molecular formula is C13H14N2O3S. The number of nitrogens with zero attached hydrogens (tertiary/aromatic N) is 1. The average Bonchev–Trinajstić information content (AvgIpc) is 2.62. The molecular weight excluding hydrogens is 264 g/mol. The van der Waals surface area contributed by atoms with E-state index in [1.165, 1.54) is 0 Å².